The lowest BCUT2D eigenvalue weighted by atomic mass is 9.86. The van der Waals surface area contributed by atoms with Gasteiger partial charge in [-0.05, 0) is 23.6 Å². The molecular formula is C21H24N2O. The Balaban J connectivity index is 2.12. The van der Waals surface area contributed by atoms with Crippen molar-refractivity contribution in [1.29, 1.82) is 0 Å². The van der Waals surface area contributed by atoms with Gasteiger partial charge in [-0.3, -0.25) is 0 Å². The first-order valence-electron chi connectivity index (χ1n) is 8.40. The molecule has 0 saturated carbocycles. The molecule has 1 heterocycles. The third kappa shape index (κ3) is 3.25. The van der Waals surface area contributed by atoms with E-state index in [1.807, 2.05) is 42.5 Å². The first kappa shape index (κ1) is 16.4. The fraction of sp³-hybridized carbons (Fsp3) is 0.333. The lowest BCUT2D eigenvalue weighted by Gasteiger charge is -2.23. The van der Waals surface area contributed by atoms with Crippen LogP contribution in [0.5, 0.6) is 11.6 Å². The molecule has 3 rings (SSSR count). The van der Waals surface area contributed by atoms with E-state index in [0.717, 1.165) is 28.0 Å². The lowest BCUT2D eigenvalue weighted by Crippen LogP contribution is -2.13. The Hall–Kier alpha value is -2.42. The average Bonchev–Trinajstić information content (AvgIpc) is 2.53. The molecule has 0 aliphatic heterocycles. The number of fused-ring (bicyclic) bond motifs is 1. The van der Waals surface area contributed by atoms with E-state index in [1.54, 1.807) is 0 Å². The predicted octanol–water partition coefficient (Wildman–Crippen LogP) is 5.84. The van der Waals surface area contributed by atoms with Crippen molar-refractivity contribution in [3.8, 4) is 11.6 Å². The zero-order chi connectivity index (χ0) is 17.3. The highest BCUT2D eigenvalue weighted by Crippen LogP contribution is 2.35. The highest BCUT2D eigenvalue weighted by Gasteiger charge is 2.21. The number of benzene rings is 2. The normalized spacial score (nSPS) is 11.9. The topological polar surface area (TPSA) is 35.0 Å². The van der Waals surface area contributed by atoms with Gasteiger partial charge < -0.3 is 4.74 Å². The summed E-state index contributed by atoms with van der Waals surface area (Å²) in [4.78, 5) is 9.51. The Morgan fingerprint density at radius 2 is 1.42 bits per heavy atom. The molecule has 0 fully saturated rings. The third-order valence-electron chi connectivity index (χ3n) is 4.01. The minimum atomic E-state index is -0.00113. The SMILES string of the molecule is CC(C)c1nc2ccccc2nc1Oc1ccccc1C(C)(C)C. The van der Waals surface area contributed by atoms with E-state index in [9.17, 15) is 0 Å². The van der Waals surface area contributed by atoms with Gasteiger partial charge >= 0.3 is 0 Å². The van der Waals surface area contributed by atoms with Crippen molar-refractivity contribution in [1.82, 2.24) is 9.97 Å². The molecule has 0 amide bonds. The molecule has 0 spiro atoms. The van der Waals surface area contributed by atoms with Crippen LogP contribution in [0, 0.1) is 0 Å². The number of para-hydroxylation sites is 3. The van der Waals surface area contributed by atoms with Crippen LogP contribution in [0.4, 0.5) is 0 Å². The van der Waals surface area contributed by atoms with Gasteiger partial charge in [-0.15, -0.1) is 0 Å². The number of nitrogens with zero attached hydrogens (tertiary/aromatic N) is 2. The number of hydrogen-bond donors (Lipinski definition) is 0. The van der Waals surface area contributed by atoms with Gasteiger partial charge in [0.15, 0.2) is 0 Å². The minimum absolute atomic E-state index is 0.00113. The molecule has 0 N–H and O–H groups in total. The molecule has 124 valence electrons. The van der Waals surface area contributed by atoms with Crippen molar-refractivity contribution in [2.75, 3.05) is 0 Å². The van der Waals surface area contributed by atoms with Crippen molar-refractivity contribution < 1.29 is 4.74 Å². The number of ether oxygens (including phenoxy) is 1. The van der Waals surface area contributed by atoms with Gasteiger partial charge in [-0.25, -0.2) is 9.97 Å². The summed E-state index contributed by atoms with van der Waals surface area (Å²) in [5, 5.41) is 0. The highest BCUT2D eigenvalue weighted by molar-refractivity contribution is 5.75. The molecule has 2 aromatic carbocycles. The van der Waals surface area contributed by atoms with Crippen LogP contribution in [-0.2, 0) is 5.41 Å². The van der Waals surface area contributed by atoms with Gasteiger partial charge in [0.1, 0.15) is 11.4 Å². The number of aromatic nitrogens is 2. The van der Waals surface area contributed by atoms with Crippen molar-refractivity contribution in [3.63, 3.8) is 0 Å². The maximum absolute atomic E-state index is 6.26. The summed E-state index contributed by atoms with van der Waals surface area (Å²) >= 11 is 0. The molecule has 3 heteroatoms. The van der Waals surface area contributed by atoms with Crippen molar-refractivity contribution in [2.45, 2.75) is 46.0 Å². The Morgan fingerprint density at radius 3 is 2.04 bits per heavy atom. The van der Waals surface area contributed by atoms with E-state index in [2.05, 4.69) is 40.7 Å². The molecule has 24 heavy (non-hydrogen) atoms. The molecule has 0 unspecified atom stereocenters. The molecule has 0 atom stereocenters. The molecule has 1 aromatic heterocycles. The van der Waals surface area contributed by atoms with Gasteiger partial charge in [0.05, 0.1) is 11.0 Å². The van der Waals surface area contributed by atoms with E-state index in [1.165, 1.54) is 0 Å². The van der Waals surface area contributed by atoms with Crippen LogP contribution in [0.3, 0.4) is 0 Å². The minimum Gasteiger partial charge on any atom is -0.437 e. The van der Waals surface area contributed by atoms with E-state index in [4.69, 9.17) is 14.7 Å². The Morgan fingerprint density at radius 1 is 0.833 bits per heavy atom. The van der Waals surface area contributed by atoms with Crippen molar-refractivity contribution in [2.24, 2.45) is 0 Å². The van der Waals surface area contributed by atoms with Gasteiger partial charge in [-0.2, -0.15) is 0 Å². The second kappa shape index (κ2) is 6.23. The summed E-state index contributed by atoms with van der Waals surface area (Å²) in [6.45, 7) is 10.8. The summed E-state index contributed by atoms with van der Waals surface area (Å²) in [5.41, 5.74) is 3.80. The standard InChI is InChI=1S/C21H24N2O/c1-14(2)19-20(23-17-12-8-7-11-16(17)22-19)24-18-13-9-6-10-15(18)21(3,4)5/h6-14H,1-5H3. The molecule has 0 aliphatic rings. The van der Waals surface area contributed by atoms with Gasteiger partial charge in [-0.1, -0.05) is 65.0 Å². The lowest BCUT2D eigenvalue weighted by molar-refractivity contribution is 0.430. The van der Waals surface area contributed by atoms with E-state index < -0.39 is 0 Å². The molecule has 3 aromatic rings. The fourth-order valence-electron chi connectivity index (χ4n) is 2.73. The van der Waals surface area contributed by atoms with Gasteiger partial charge in [0.25, 0.3) is 0 Å². The average molecular weight is 320 g/mol. The maximum Gasteiger partial charge on any atom is 0.242 e. The van der Waals surface area contributed by atoms with Crippen LogP contribution in [-0.4, -0.2) is 9.97 Å². The predicted molar refractivity (Wildman–Crippen MR) is 98.8 cm³/mol. The Labute approximate surface area is 143 Å². The summed E-state index contributed by atoms with van der Waals surface area (Å²) in [6, 6.07) is 16.1. The maximum atomic E-state index is 6.26. The van der Waals surface area contributed by atoms with Gasteiger partial charge in [0.2, 0.25) is 5.88 Å². The number of rotatable bonds is 3. The highest BCUT2D eigenvalue weighted by atomic mass is 16.5. The Bertz CT molecular complexity index is 863. The van der Waals surface area contributed by atoms with E-state index >= 15 is 0 Å². The molecule has 0 aliphatic carbocycles. The third-order valence-corrected chi connectivity index (χ3v) is 4.01. The summed E-state index contributed by atoms with van der Waals surface area (Å²) in [7, 11) is 0. The smallest absolute Gasteiger partial charge is 0.242 e. The van der Waals surface area contributed by atoms with Crippen LogP contribution in [0.25, 0.3) is 11.0 Å². The van der Waals surface area contributed by atoms with Crippen LogP contribution in [0.2, 0.25) is 0 Å². The van der Waals surface area contributed by atoms with E-state index in [0.29, 0.717) is 5.88 Å². The summed E-state index contributed by atoms with van der Waals surface area (Å²) in [5.74, 6) is 1.68. The monoisotopic (exact) mass is 320 g/mol. The van der Waals surface area contributed by atoms with Gasteiger partial charge in [0, 0.05) is 11.5 Å². The van der Waals surface area contributed by atoms with E-state index in [-0.39, 0.29) is 11.3 Å². The first-order chi connectivity index (χ1) is 11.4. The first-order valence-corrected chi connectivity index (χ1v) is 8.40. The number of hydrogen-bond acceptors (Lipinski definition) is 3. The van der Waals surface area contributed by atoms with Crippen LogP contribution in [0.1, 0.15) is 51.8 Å². The molecule has 3 nitrogen and oxygen atoms in total. The van der Waals surface area contributed by atoms with Crippen molar-refractivity contribution in [3.05, 3.63) is 59.8 Å². The summed E-state index contributed by atoms with van der Waals surface area (Å²) in [6.07, 6.45) is 0. The molecule has 0 bridgehead atoms. The molecular weight excluding hydrogens is 296 g/mol. The van der Waals surface area contributed by atoms with Crippen LogP contribution < -0.4 is 4.74 Å². The molecule has 0 radical (unpaired) electrons. The Kier molecular flexibility index (Phi) is 4.27. The largest absolute Gasteiger partial charge is 0.437 e. The van der Waals surface area contributed by atoms with Crippen LogP contribution in [0.15, 0.2) is 48.5 Å². The zero-order valence-corrected chi connectivity index (χ0v) is 15.0. The summed E-state index contributed by atoms with van der Waals surface area (Å²) < 4.78 is 6.26. The van der Waals surface area contributed by atoms with Crippen LogP contribution >= 0.6 is 0 Å². The fourth-order valence-corrected chi connectivity index (χ4v) is 2.73. The quantitative estimate of drug-likeness (QED) is 0.608. The second-order valence-corrected chi connectivity index (χ2v) is 7.41. The zero-order valence-electron chi connectivity index (χ0n) is 15.0. The second-order valence-electron chi connectivity index (χ2n) is 7.41. The van der Waals surface area contributed by atoms with Crippen molar-refractivity contribution >= 4 is 11.0 Å². The molecule has 0 saturated heterocycles.